The van der Waals surface area contributed by atoms with Crippen LogP contribution in [-0.4, -0.2) is 13.9 Å². The van der Waals surface area contributed by atoms with Gasteiger partial charge in [-0.1, -0.05) is 26.2 Å². The van der Waals surface area contributed by atoms with Gasteiger partial charge in [0, 0.05) is 0 Å². The first kappa shape index (κ1) is 9.00. The zero-order valence-corrected chi connectivity index (χ0v) is 7.56. The molecule has 1 rings (SSSR count). The van der Waals surface area contributed by atoms with Crippen molar-refractivity contribution in [3.8, 4) is 0 Å². The third-order valence-electron chi connectivity index (χ3n) is 1.82. The van der Waals surface area contributed by atoms with Crippen molar-refractivity contribution >= 4 is 10.1 Å². The van der Waals surface area contributed by atoms with E-state index in [1.54, 1.807) is 0 Å². The van der Waals surface area contributed by atoms with Crippen LogP contribution in [0.2, 0.25) is 0 Å². The van der Waals surface area contributed by atoms with Crippen LogP contribution >= 0.6 is 0 Å². The van der Waals surface area contributed by atoms with Crippen LogP contribution in [-0.2, 0) is 14.3 Å². The second-order valence-electron chi connectivity index (χ2n) is 2.87. The van der Waals surface area contributed by atoms with Gasteiger partial charge in [-0.05, 0) is 12.8 Å². The molecule has 0 amide bonds. The molecule has 0 bridgehead atoms. The zero-order chi connectivity index (χ0) is 8.32. The van der Waals surface area contributed by atoms with Gasteiger partial charge in [0.05, 0.1) is 0 Å². The van der Waals surface area contributed by atoms with Crippen LogP contribution in [0.5, 0.6) is 0 Å². The summed E-state index contributed by atoms with van der Waals surface area (Å²) in [4.78, 5) is 0. The summed E-state index contributed by atoms with van der Waals surface area (Å²) >= 11 is 0. The van der Waals surface area contributed by atoms with Gasteiger partial charge in [0.2, 0.25) is 5.44 Å². The Morgan fingerprint density at radius 3 is 2.36 bits per heavy atom. The Morgan fingerprint density at radius 2 is 1.91 bits per heavy atom. The Morgan fingerprint density at radius 1 is 1.27 bits per heavy atom. The molecule has 1 unspecified atom stereocenters. The normalized spacial score (nSPS) is 26.8. The molecule has 3 nitrogen and oxygen atoms in total. The van der Waals surface area contributed by atoms with E-state index in [4.69, 9.17) is 0 Å². The number of hydrogen-bond acceptors (Lipinski definition) is 3. The van der Waals surface area contributed by atoms with E-state index in [2.05, 4.69) is 11.1 Å². The monoisotopic (exact) mass is 178 g/mol. The largest absolute Gasteiger partial charge is 0.297 e. The summed E-state index contributed by atoms with van der Waals surface area (Å²) in [6, 6.07) is 0. The van der Waals surface area contributed by atoms with Gasteiger partial charge >= 0.3 is 0 Å². The zero-order valence-electron chi connectivity index (χ0n) is 6.75. The first-order valence-electron chi connectivity index (χ1n) is 4.09. The lowest BCUT2D eigenvalue weighted by Gasteiger charge is -1.92. The lowest BCUT2D eigenvalue weighted by atomic mass is 10.2. The van der Waals surface area contributed by atoms with E-state index in [1.807, 2.05) is 0 Å². The molecule has 1 aliphatic rings. The third-order valence-corrected chi connectivity index (χ3v) is 3.11. The highest BCUT2D eigenvalue weighted by Crippen LogP contribution is 2.29. The minimum absolute atomic E-state index is 0.459. The SMILES string of the molecule is CCCCCCC1OS1(=O)=O. The van der Waals surface area contributed by atoms with Gasteiger partial charge in [-0.25, -0.2) is 4.18 Å². The summed E-state index contributed by atoms with van der Waals surface area (Å²) < 4.78 is 25.5. The quantitative estimate of drug-likeness (QED) is 0.475. The van der Waals surface area contributed by atoms with Crippen molar-refractivity contribution in [2.45, 2.75) is 44.5 Å². The number of unbranched alkanes of at least 4 members (excludes halogenated alkanes) is 3. The highest BCUT2D eigenvalue weighted by molar-refractivity contribution is 7.92. The predicted octanol–water partition coefficient (Wildman–Crippen LogP) is 1.64. The molecule has 0 aromatic heterocycles. The van der Waals surface area contributed by atoms with E-state index in [-0.39, 0.29) is 0 Å². The molecule has 1 saturated heterocycles. The fraction of sp³-hybridized carbons (Fsp3) is 1.00. The smallest absolute Gasteiger partial charge is 0.246 e. The predicted molar refractivity (Wildman–Crippen MR) is 42.6 cm³/mol. The van der Waals surface area contributed by atoms with Crippen LogP contribution in [0, 0.1) is 0 Å². The maximum Gasteiger partial charge on any atom is 0.297 e. The van der Waals surface area contributed by atoms with Crippen LogP contribution < -0.4 is 0 Å². The Labute approximate surface area is 67.9 Å². The van der Waals surface area contributed by atoms with Gasteiger partial charge < -0.3 is 0 Å². The van der Waals surface area contributed by atoms with Gasteiger partial charge in [0.15, 0.2) is 0 Å². The van der Waals surface area contributed by atoms with Crippen LogP contribution in [0.15, 0.2) is 0 Å². The summed E-state index contributed by atoms with van der Waals surface area (Å²) in [5.41, 5.74) is -0.459. The van der Waals surface area contributed by atoms with E-state index in [9.17, 15) is 8.42 Å². The average molecular weight is 178 g/mol. The first-order chi connectivity index (χ1) is 5.17. The highest BCUT2D eigenvalue weighted by Gasteiger charge is 2.44. The van der Waals surface area contributed by atoms with Crippen LogP contribution in [0.3, 0.4) is 0 Å². The lowest BCUT2D eigenvalue weighted by molar-refractivity contribution is 0.416. The average Bonchev–Trinajstić information content (AvgIpc) is 2.52. The molecule has 0 radical (unpaired) electrons. The van der Waals surface area contributed by atoms with Gasteiger partial charge in [0.1, 0.15) is 0 Å². The molecule has 1 atom stereocenters. The first-order valence-corrected chi connectivity index (χ1v) is 5.56. The minimum Gasteiger partial charge on any atom is -0.246 e. The summed E-state index contributed by atoms with van der Waals surface area (Å²) in [6.45, 7) is 2.13. The molecule has 0 aliphatic carbocycles. The van der Waals surface area contributed by atoms with Crippen molar-refractivity contribution in [2.24, 2.45) is 0 Å². The Hall–Kier alpha value is -0.0900. The molecule has 0 aromatic carbocycles. The van der Waals surface area contributed by atoms with Gasteiger partial charge in [-0.3, -0.25) is 0 Å². The molecular weight excluding hydrogens is 164 g/mol. The van der Waals surface area contributed by atoms with Crippen LogP contribution in [0.25, 0.3) is 0 Å². The molecule has 0 saturated carbocycles. The second-order valence-corrected chi connectivity index (χ2v) is 4.57. The van der Waals surface area contributed by atoms with E-state index in [0.717, 1.165) is 12.8 Å². The van der Waals surface area contributed by atoms with Crippen molar-refractivity contribution in [1.29, 1.82) is 0 Å². The molecule has 0 aromatic rings. The van der Waals surface area contributed by atoms with Crippen molar-refractivity contribution in [3.63, 3.8) is 0 Å². The molecule has 1 heterocycles. The minimum atomic E-state index is -3.04. The van der Waals surface area contributed by atoms with Crippen LogP contribution in [0.4, 0.5) is 0 Å². The molecule has 11 heavy (non-hydrogen) atoms. The number of rotatable bonds is 5. The number of hydrogen-bond donors (Lipinski definition) is 0. The molecule has 4 heteroatoms. The highest BCUT2D eigenvalue weighted by atomic mass is 32.2. The third kappa shape index (κ3) is 2.79. The van der Waals surface area contributed by atoms with Gasteiger partial charge in [-0.2, -0.15) is 8.42 Å². The maximum absolute atomic E-state index is 10.5. The van der Waals surface area contributed by atoms with E-state index < -0.39 is 15.6 Å². The topological polar surface area (TPSA) is 46.7 Å². The lowest BCUT2D eigenvalue weighted by Crippen LogP contribution is -1.88. The van der Waals surface area contributed by atoms with Crippen molar-refractivity contribution in [1.82, 2.24) is 0 Å². The van der Waals surface area contributed by atoms with E-state index in [0.29, 0.717) is 6.42 Å². The molecule has 1 aliphatic heterocycles. The Bertz CT molecular complexity index is 208. The summed E-state index contributed by atoms with van der Waals surface area (Å²) in [5, 5.41) is 0. The molecule has 1 fully saturated rings. The summed E-state index contributed by atoms with van der Waals surface area (Å²) in [5.74, 6) is 0. The fourth-order valence-electron chi connectivity index (χ4n) is 1.06. The van der Waals surface area contributed by atoms with Crippen molar-refractivity contribution in [2.75, 3.05) is 0 Å². The maximum atomic E-state index is 10.5. The second kappa shape index (κ2) is 3.54. The summed E-state index contributed by atoms with van der Waals surface area (Å²) in [7, 11) is -3.04. The molecule has 0 spiro atoms. The van der Waals surface area contributed by atoms with Gasteiger partial charge in [-0.15, -0.1) is 0 Å². The van der Waals surface area contributed by atoms with Gasteiger partial charge in [0.25, 0.3) is 10.1 Å². The Balaban J connectivity index is 1.98. The van der Waals surface area contributed by atoms with Crippen LogP contribution in [0.1, 0.15) is 39.0 Å². The summed E-state index contributed by atoms with van der Waals surface area (Å²) in [6.07, 6.45) is 5.14. The standard InChI is InChI=1S/C7H14O3S/c1-2-3-4-5-6-7-10-11(7,8)9/h7H,2-6H2,1H3. The van der Waals surface area contributed by atoms with E-state index >= 15 is 0 Å². The van der Waals surface area contributed by atoms with Crippen molar-refractivity contribution in [3.05, 3.63) is 0 Å². The van der Waals surface area contributed by atoms with E-state index in [1.165, 1.54) is 12.8 Å². The Kier molecular flexibility index (Phi) is 2.90. The fourth-order valence-corrected chi connectivity index (χ4v) is 2.05. The van der Waals surface area contributed by atoms with Crippen molar-refractivity contribution < 1.29 is 12.6 Å². The molecule has 66 valence electrons. The molecule has 0 N–H and O–H groups in total. The molecular formula is C7H14O3S.